The van der Waals surface area contributed by atoms with E-state index >= 15 is 0 Å². The Hall–Kier alpha value is -1.38. The SMILES string of the molecule is COc1ccc(Br)c(Nc2nc(NN)ncc2Br)c1. The molecule has 0 saturated carbocycles. The van der Waals surface area contributed by atoms with Gasteiger partial charge in [-0.15, -0.1) is 0 Å². The van der Waals surface area contributed by atoms with E-state index in [2.05, 4.69) is 52.6 Å². The molecule has 0 bridgehead atoms. The molecule has 8 heteroatoms. The van der Waals surface area contributed by atoms with Crippen molar-refractivity contribution in [1.29, 1.82) is 0 Å². The zero-order chi connectivity index (χ0) is 13.8. The molecule has 0 amide bonds. The lowest BCUT2D eigenvalue weighted by molar-refractivity contribution is 0.415. The normalized spacial score (nSPS) is 10.1. The van der Waals surface area contributed by atoms with Crippen LogP contribution in [0.1, 0.15) is 0 Å². The molecule has 0 aliphatic heterocycles. The lowest BCUT2D eigenvalue weighted by Gasteiger charge is -2.11. The Morgan fingerprint density at radius 1 is 1.26 bits per heavy atom. The van der Waals surface area contributed by atoms with Crippen LogP contribution in [0.2, 0.25) is 0 Å². The van der Waals surface area contributed by atoms with Crippen LogP contribution in [0, 0.1) is 0 Å². The number of nitrogen functional groups attached to an aromatic ring is 1. The third kappa shape index (κ3) is 3.34. The van der Waals surface area contributed by atoms with Gasteiger partial charge in [0.2, 0.25) is 5.95 Å². The number of hydrazine groups is 1. The van der Waals surface area contributed by atoms with Crippen molar-refractivity contribution in [3.63, 3.8) is 0 Å². The second-order valence-corrected chi connectivity index (χ2v) is 5.21. The first-order valence-electron chi connectivity index (χ1n) is 5.23. The standard InChI is InChI=1S/C11H11Br2N5O/c1-19-6-2-3-7(12)9(4-6)16-10-8(13)5-15-11(17-10)18-14/h2-5H,14H2,1H3,(H2,15,16,17,18). The van der Waals surface area contributed by atoms with Crippen LogP contribution in [0.15, 0.2) is 33.3 Å². The summed E-state index contributed by atoms with van der Waals surface area (Å²) in [4.78, 5) is 8.20. The second-order valence-electron chi connectivity index (χ2n) is 3.51. The summed E-state index contributed by atoms with van der Waals surface area (Å²) in [6.07, 6.45) is 1.61. The molecule has 100 valence electrons. The third-order valence-corrected chi connectivity index (χ3v) is 3.57. The van der Waals surface area contributed by atoms with Crippen molar-refractivity contribution >= 4 is 49.3 Å². The maximum absolute atomic E-state index is 5.29. The van der Waals surface area contributed by atoms with Crippen LogP contribution in [0.25, 0.3) is 0 Å². The molecule has 0 aliphatic rings. The lowest BCUT2D eigenvalue weighted by Crippen LogP contribution is -2.11. The first-order valence-corrected chi connectivity index (χ1v) is 6.82. The van der Waals surface area contributed by atoms with Crippen molar-refractivity contribution in [2.24, 2.45) is 5.84 Å². The number of nitrogens with one attached hydrogen (secondary N) is 2. The topological polar surface area (TPSA) is 85.1 Å². The third-order valence-electron chi connectivity index (χ3n) is 2.30. The number of aromatic nitrogens is 2. The molecule has 6 nitrogen and oxygen atoms in total. The average molecular weight is 389 g/mol. The van der Waals surface area contributed by atoms with E-state index < -0.39 is 0 Å². The van der Waals surface area contributed by atoms with Crippen LogP contribution in [-0.4, -0.2) is 17.1 Å². The van der Waals surface area contributed by atoms with Crippen LogP contribution in [0.3, 0.4) is 0 Å². The zero-order valence-electron chi connectivity index (χ0n) is 9.95. The van der Waals surface area contributed by atoms with Gasteiger partial charge in [-0.05, 0) is 44.0 Å². The van der Waals surface area contributed by atoms with E-state index in [1.807, 2.05) is 18.2 Å². The molecule has 0 spiro atoms. The molecule has 2 rings (SSSR count). The molecule has 1 heterocycles. The van der Waals surface area contributed by atoms with Crippen LogP contribution >= 0.6 is 31.9 Å². The van der Waals surface area contributed by atoms with Gasteiger partial charge in [0.05, 0.1) is 17.3 Å². The smallest absolute Gasteiger partial charge is 0.239 e. The summed E-state index contributed by atoms with van der Waals surface area (Å²) >= 11 is 6.83. The molecule has 0 atom stereocenters. The van der Waals surface area contributed by atoms with E-state index in [0.717, 1.165) is 20.4 Å². The number of methoxy groups -OCH3 is 1. The van der Waals surface area contributed by atoms with Crippen LogP contribution in [-0.2, 0) is 0 Å². The largest absolute Gasteiger partial charge is 0.497 e. The van der Waals surface area contributed by atoms with Crippen molar-refractivity contribution in [1.82, 2.24) is 9.97 Å². The van der Waals surface area contributed by atoms with Gasteiger partial charge in [0.15, 0.2) is 0 Å². The number of hydrogen-bond acceptors (Lipinski definition) is 6. The zero-order valence-corrected chi connectivity index (χ0v) is 13.1. The molecular weight excluding hydrogens is 378 g/mol. The van der Waals surface area contributed by atoms with Crippen LogP contribution < -0.4 is 21.3 Å². The van der Waals surface area contributed by atoms with E-state index in [1.54, 1.807) is 13.3 Å². The fourth-order valence-electron chi connectivity index (χ4n) is 1.38. The van der Waals surface area contributed by atoms with E-state index in [1.165, 1.54) is 0 Å². The fraction of sp³-hybridized carbons (Fsp3) is 0.0909. The number of nitrogens with two attached hydrogens (primary N) is 1. The van der Waals surface area contributed by atoms with Crippen molar-refractivity contribution in [2.75, 3.05) is 17.9 Å². The maximum atomic E-state index is 5.29. The van der Waals surface area contributed by atoms with Gasteiger partial charge >= 0.3 is 0 Å². The van der Waals surface area contributed by atoms with Gasteiger partial charge in [-0.25, -0.2) is 10.8 Å². The Morgan fingerprint density at radius 3 is 2.74 bits per heavy atom. The first kappa shape index (κ1) is 14.0. The molecule has 2 aromatic rings. The molecule has 1 aromatic carbocycles. The molecule has 0 fully saturated rings. The number of hydrogen-bond donors (Lipinski definition) is 3. The minimum atomic E-state index is 0.324. The quantitative estimate of drug-likeness (QED) is 0.551. The predicted molar refractivity (Wildman–Crippen MR) is 81.5 cm³/mol. The minimum absolute atomic E-state index is 0.324. The van der Waals surface area contributed by atoms with Crippen molar-refractivity contribution in [3.05, 3.63) is 33.3 Å². The lowest BCUT2D eigenvalue weighted by atomic mass is 10.3. The Balaban J connectivity index is 2.35. The number of ether oxygens (including phenoxy) is 1. The highest BCUT2D eigenvalue weighted by Crippen LogP contribution is 2.31. The monoisotopic (exact) mass is 387 g/mol. The van der Waals surface area contributed by atoms with E-state index in [0.29, 0.717) is 11.8 Å². The van der Waals surface area contributed by atoms with Gasteiger partial charge in [0.25, 0.3) is 0 Å². The molecule has 0 aliphatic carbocycles. The van der Waals surface area contributed by atoms with Crippen molar-refractivity contribution < 1.29 is 4.74 Å². The number of halogens is 2. The van der Waals surface area contributed by atoms with Crippen molar-refractivity contribution in [3.8, 4) is 5.75 Å². The van der Waals surface area contributed by atoms with Crippen LogP contribution in [0.5, 0.6) is 5.75 Å². The highest BCUT2D eigenvalue weighted by Gasteiger charge is 2.08. The summed E-state index contributed by atoms with van der Waals surface area (Å²) < 4.78 is 6.80. The molecule has 0 unspecified atom stereocenters. The van der Waals surface area contributed by atoms with Crippen LogP contribution in [0.4, 0.5) is 17.5 Å². The highest BCUT2D eigenvalue weighted by molar-refractivity contribution is 9.11. The van der Waals surface area contributed by atoms with Gasteiger partial charge in [-0.3, -0.25) is 5.43 Å². The second kappa shape index (κ2) is 6.18. The summed E-state index contributed by atoms with van der Waals surface area (Å²) in [6, 6.07) is 5.60. The van der Waals surface area contributed by atoms with E-state index in [-0.39, 0.29) is 0 Å². The number of nitrogens with zero attached hydrogens (tertiary/aromatic N) is 2. The van der Waals surface area contributed by atoms with Gasteiger partial charge in [0.1, 0.15) is 11.6 Å². The predicted octanol–water partition coefficient (Wildman–Crippen LogP) is 3.04. The summed E-state index contributed by atoms with van der Waals surface area (Å²) in [7, 11) is 1.62. The van der Waals surface area contributed by atoms with Gasteiger partial charge in [0, 0.05) is 16.7 Å². The number of benzene rings is 1. The summed E-state index contributed by atoms with van der Waals surface area (Å²) in [5.41, 5.74) is 3.22. The number of anilines is 3. The van der Waals surface area contributed by atoms with Crippen molar-refractivity contribution in [2.45, 2.75) is 0 Å². The van der Waals surface area contributed by atoms with E-state index in [4.69, 9.17) is 10.6 Å². The van der Waals surface area contributed by atoms with E-state index in [9.17, 15) is 0 Å². The summed E-state index contributed by atoms with van der Waals surface area (Å²) in [5, 5.41) is 3.17. The molecule has 4 N–H and O–H groups in total. The van der Waals surface area contributed by atoms with Gasteiger partial charge in [-0.1, -0.05) is 0 Å². The number of rotatable bonds is 4. The average Bonchev–Trinajstić information content (AvgIpc) is 2.43. The Morgan fingerprint density at radius 2 is 2.05 bits per heavy atom. The van der Waals surface area contributed by atoms with Gasteiger partial charge < -0.3 is 10.1 Å². The maximum Gasteiger partial charge on any atom is 0.239 e. The van der Waals surface area contributed by atoms with Gasteiger partial charge in [-0.2, -0.15) is 4.98 Å². The molecule has 1 aromatic heterocycles. The Labute approximate surface area is 127 Å². The minimum Gasteiger partial charge on any atom is -0.497 e. The molecule has 0 radical (unpaired) electrons. The fourth-order valence-corrected chi connectivity index (χ4v) is 2.01. The molecular formula is C11H11Br2N5O. The summed E-state index contributed by atoms with van der Waals surface area (Å²) in [6.45, 7) is 0. The Bertz CT molecular complexity index is 542. The first-order chi connectivity index (χ1) is 9.13. The Kier molecular flexibility index (Phi) is 4.56. The molecule has 19 heavy (non-hydrogen) atoms. The summed E-state index contributed by atoms with van der Waals surface area (Å²) in [5.74, 6) is 6.95. The molecule has 0 saturated heterocycles. The highest BCUT2D eigenvalue weighted by atomic mass is 79.9.